The van der Waals surface area contributed by atoms with Gasteiger partial charge in [-0.15, -0.1) is 0 Å². The Morgan fingerprint density at radius 1 is 1.31 bits per heavy atom. The van der Waals surface area contributed by atoms with E-state index in [-0.39, 0.29) is 12.7 Å². The molecule has 2 heteroatoms. The van der Waals surface area contributed by atoms with Crippen molar-refractivity contribution >= 4 is 0 Å². The van der Waals surface area contributed by atoms with E-state index in [2.05, 4.69) is 0 Å². The Hall–Kier alpha value is -0.860. The summed E-state index contributed by atoms with van der Waals surface area (Å²) < 4.78 is 5.44. The van der Waals surface area contributed by atoms with Crippen molar-refractivity contribution in [2.24, 2.45) is 0 Å². The number of hydrogen-bond donors (Lipinski definition) is 1. The maximum absolute atomic E-state index is 8.84. The average molecular weight is 180 g/mol. The highest BCUT2D eigenvalue weighted by Gasteiger charge is 2.03. The van der Waals surface area contributed by atoms with Crippen LogP contribution in [-0.2, 0) is 11.3 Å². The van der Waals surface area contributed by atoms with Crippen molar-refractivity contribution in [3.05, 3.63) is 35.4 Å². The molecule has 0 bridgehead atoms. The van der Waals surface area contributed by atoms with Gasteiger partial charge in [-0.1, -0.05) is 24.3 Å². The van der Waals surface area contributed by atoms with Gasteiger partial charge in [-0.25, -0.2) is 0 Å². The van der Waals surface area contributed by atoms with E-state index in [0.717, 1.165) is 17.7 Å². The smallest absolute Gasteiger partial charge is 0.0796 e. The van der Waals surface area contributed by atoms with Crippen molar-refractivity contribution in [3.63, 3.8) is 0 Å². The van der Waals surface area contributed by atoms with Crippen molar-refractivity contribution in [2.75, 3.05) is 6.61 Å². The third kappa shape index (κ3) is 2.83. The molecular formula is C11H16O2. The first-order valence-electron chi connectivity index (χ1n) is 4.59. The van der Waals surface area contributed by atoms with Crippen LogP contribution in [0, 0.1) is 0 Å². The van der Waals surface area contributed by atoms with Gasteiger partial charge in [0.1, 0.15) is 0 Å². The van der Waals surface area contributed by atoms with Crippen LogP contribution in [0.25, 0.3) is 0 Å². The molecule has 1 N–H and O–H groups in total. The van der Waals surface area contributed by atoms with Gasteiger partial charge in [0.25, 0.3) is 0 Å². The van der Waals surface area contributed by atoms with E-state index in [1.807, 2.05) is 38.1 Å². The Kier molecular flexibility index (Phi) is 3.93. The summed E-state index contributed by atoms with van der Waals surface area (Å²) in [6.07, 6.45) is 0.137. The molecule has 0 aliphatic rings. The summed E-state index contributed by atoms with van der Waals surface area (Å²) in [5.74, 6) is 0. The molecule has 0 saturated heterocycles. The standard InChI is InChI=1S/C11H16O2/c1-3-13-9(2)11-6-4-10(8-12)5-7-11/h4-7,9,12H,3,8H2,1-2H3. The second-order valence-electron chi connectivity index (χ2n) is 3.00. The number of rotatable bonds is 4. The van der Waals surface area contributed by atoms with Crippen LogP contribution in [-0.4, -0.2) is 11.7 Å². The topological polar surface area (TPSA) is 29.5 Å². The Bertz CT molecular complexity index is 241. The quantitative estimate of drug-likeness (QED) is 0.770. The molecule has 0 fully saturated rings. The third-order valence-corrected chi connectivity index (χ3v) is 2.05. The molecule has 1 aromatic carbocycles. The molecule has 0 aromatic heterocycles. The number of hydrogen-bond acceptors (Lipinski definition) is 2. The van der Waals surface area contributed by atoms with Gasteiger partial charge in [0, 0.05) is 6.61 Å². The molecule has 0 saturated carbocycles. The Morgan fingerprint density at radius 2 is 1.92 bits per heavy atom. The molecule has 0 heterocycles. The van der Waals surface area contributed by atoms with E-state index in [0.29, 0.717) is 0 Å². The van der Waals surface area contributed by atoms with Crippen LogP contribution in [0.3, 0.4) is 0 Å². The lowest BCUT2D eigenvalue weighted by molar-refractivity contribution is 0.0764. The molecule has 1 atom stereocenters. The minimum atomic E-state index is 0.100. The van der Waals surface area contributed by atoms with E-state index in [1.54, 1.807) is 0 Å². The lowest BCUT2D eigenvalue weighted by Gasteiger charge is -2.11. The molecule has 13 heavy (non-hydrogen) atoms. The summed E-state index contributed by atoms with van der Waals surface area (Å²) >= 11 is 0. The summed E-state index contributed by atoms with van der Waals surface area (Å²) in [4.78, 5) is 0. The van der Waals surface area contributed by atoms with Crippen LogP contribution in [0.5, 0.6) is 0 Å². The van der Waals surface area contributed by atoms with E-state index < -0.39 is 0 Å². The van der Waals surface area contributed by atoms with Gasteiger partial charge in [-0.3, -0.25) is 0 Å². The lowest BCUT2D eigenvalue weighted by Crippen LogP contribution is -1.99. The van der Waals surface area contributed by atoms with Gasteiger partial charge in [-0.05, 0) is 25.0 Å². The fraction of sp³-hybridized carbons (Fsp3) is 0.455. The van der Waals surface area contributed by atoms with Crippen LogP contribution in [0.2, 0.25) is 0 Å². The lowest BCUT2D eigenvalue weighted by atomic mass is 10.1. The highest BCUT2D eigenvalue weighted by molar-refractivity contribution is 5.23. The fourth-order valence-corrected chi connectivity index (χ4v) is 1.24. The zero-order chi connectivity index (χ0) is 9.68. The van der Waals surface area contributed by atoms with Crippen LogP contribution in [0.4, 0.5) is 0 Å². The Labute approximate surface area is 79.2 Å². The van der Waals surface area contributed by atoms with Gasteiger partial charge in [0.2, 0.25) is 0 Å². The molecule has 2 nitrogen and oxygen atoms in total. The largest absolute Gasteiger partial charge is 0.392 e. The third-order valence-electron chi connectivity index (χ3n) is 2.05. The number of benzene rings is 1. The maximum atomic E-state index is 8.84. The zero-order valence-electron chi connectivity index (χ0n) is 8.16. The van der Waals surface area contributed by atoms with Crippen molar-refractivity contribution in [3.8, 4) is 0 Å². The van der Waals surface area contributed by atoms with Crippen molar-refractivity contribution in [1.82, 2.24) is 0 Å². The number of ether oxygens (including phenoxy) is 1. The fourth-order valence-electron chi connectivity index (χ4n) is 1.24. The Balaban J connectivity index is 2.67. The second kappa shape index (κ2) is 5.00. The van der Waals surface area contributed by atoms with Crippen LogP contribution >= 0.6 is 0 Å². The molecule has 1 aromatic rings. The normalized spacial score (nSPS) is 12.8. The van der Waals surface area contributed by atoms with E-state index >= 15 is 0 Å². The zero-order valence-corrected chi connectivity index (χ0v) is 8.16. The summed E-state index contributed by atoms with van der Waals surface area (Å²) in [5.41, 5.74) is 2.09. The first-order chi connectivity index (χ1) is 6.27. The second-order valence-corrected chi connectivity index (χ2v) is 3.00. The minimum absolute atomic E-state index is 0.100. The molecular weight excluding hydrogens is 164 g/mol. The van der Waals surface area contributed by atoms with Gasteiger partial charge in [-0.2, -0.15) is 0 Å². The van der Waals surface area contributed by atoms with Gasteiger partial charge >= 0.3 is 0 Å². The summed E-state index contributed by atoms with van der Waals surface area (Å²) in [7, 11) is 0. The predicted octanol–water partition coefficient (Wildman–Crippen LogP) is 2.28. The van der Waals surface area contributed by atoms with Gasteiger partial charge in [0.05, 0.1) is 12.7 Å². The number of aliphatic hydroxyl groups is 1. The van der Waals surface area contributed by atoms with Crippen LogP contribution in [0.1, 0.15) is 31.1 Å². The van der Waals surface area contributed by atoms with E-state index in [1.165, 1.54) is 0 Å². The Morgan fingerprint density at radius 3 is 2.38 bits per heavy atom. The van der Waals surface area contributed by atoms with Crippen molar-refractivity contribution in [1.29, 1.82) is 0 Å². The minimum Gasteiger partial charge on any atom is -0.392 e. The molecule has 0 radical (unpaired) electrons. The predicted molar refractivity (Wildman–Crippen MR) is 52.4 cm³/mol. The molecule has 72 valence electrons. The summed E-state index contributed by atoms with van der Waals surface area (Å²) in [6.45, 7) is 4.84. The number of aliphatic hydroxyl groups excluding tert-OH is 1. The van der Waals surface area contributed by atoms with Gasteiger partial charge < -0.3 is 9.84 Å². The molecule has 0 aliphatic heterocycles. The SMILES string of the molecule is CCOC(C)c1ccc(CO)cc1. The monoisotopic (exact) mass is 180 g/mol. The van der Waals surface area contributed by atoms with E-state index in [4.69, 9.17) is 9.84 Å². The average Bonchev–Trinajstić information content (AvgIpc) is 2.18. The molecule has 1 unspecified atom stereocenters. The van der Waals surface area contributed by atoms with Crippen molar-refractivity contribution < 1.29 is 9.84 Å². The molecule has 0 aliphatic carbocycles. The highest BCUT2D eigenvalue weighted by Crippen LogP contribution is 2.16. The first kappa shape index (κ1) is 10.2. The summed E-state index contributed by atoms with van der Waals surface area (Å²) in [5, 5.41) is 8.84. The molecule has 0 amide bonds. The summed E-state index contributed by atoms with van der Waals surface area (Å²) in [6, 6.07) is 7.83. The van der Waals surface area contributed by atoms with E-state index in [9.17, 15) is 0 Å². The maximum Gasteiger partial charge on any atom is 0.0796 e. The highest BCUT2D eigenvalue weighted by atomic mass is 16.5. The molecule has 0 spiro atoms. The van der Waals surface area contributed by atoms with Crippen molar-refractivity contribution in [2.45, 2.75) is 26.6 Å². The van der Waals surface area contributed by atoms with Crippen LogP contribution in [0.15, 0.2) is 24.3 Å². The van der Waals surface area contributed by atoms with Crippen LogP contribution < -0.4 is 0 Å². The molecule has 1 rings (SSSR count). The first-order valence-corrected chi connectivity index (χ1v) is 4.59. The van der Waals surface area contributed by atoms with Gasteiger partial charge in [0.15, 0.2) is 0 Å².